The van der Waals surface area contributed by atoms with Crippen LogP contribution in [0.2, 0.25) is 0 Å². The molecule has 0 radical (unpaired) electrons. The zero-order valence-electron chi connectivity index (χ0n) is 15.6. The summed E-state index contributed by atoms with van der Waals surface area (Å²) in [6, 6.07) is 15.9. The third-order valence-electron chi connectivity index (χ3n) is 5.17. The highest BCUT2D eigenvalue weighted by Crippen LogP contribution is 2.48. The number of amidine groups is 1. The number of hydrogen-bond donors (Lipinski definition) is 0. The van der Waals surface area contributed by atoms with Gasteiger partial charge in [0.2, 0.25) is 0 Å². The van der Waals surface area contributed by atoms with Crippen molar-refractivity contribution in [3.8, 4) is 11.3 Å². The van der Waals surface area contributed by atoms with Crippen molar-refractivity contribution in [2.24, 2.45) is 4.99 Å². The molecule has 1 fully saturated rings. The molecule has 1 aromatic carbocycles. The summed E-state index contributed by atoms with van der Waals surface area (Å²) < 4.78 is 6.18. The van der Waals surface area contributed by atoms with Crippen LogP contribution in [0.4, 0.5) is 5.69 Å². The molecule has 2 aliphatic rings. The van der Waals surface area contributed by atoms with Crippen LogP contribution in [0.1, 0.15) is 30.5 Å². The van der Waals surface area contributed by atoms with Gasteiger partial charge in [0.25, 0.3) is 5.69 Å². The van der Waals surface area contributed by atoms with Gasteiger partial charge in [-0.3, -0.25) is 15.1 Å². The molecule has 3 atom stereocenters. The largest absolute Gasteiger partial charge is 0.459 e. The smallest absolute Gasteiger partial charge is 0.280 e. The molecule has 7 nitrogen and oxygen atoms in total. The Kier molecular flexibility index (Phi) is 4.35. The molecule has 3 aromatic rings. The maximum Gasteiger partial charge on any atom is 0.280 e. The van der Waals surface area contributed by atoms with Gasteiger partial charge in [-0.15, -0.1) is 0 Å². The number of thioether (sulfide) groups is 1. The molecular weight excluding hydrogens is 388 g/mol. The van der Waals surface area contributed by atoms with Crippen LogP contribution in [0.3, 0.4) is 0 Å². The van der Waals surface area contributed by atoms with E-state index in [0.717, 1.165) is 23.2 Å². The van der Waals surface area contributed by atoms with E-state index in [9.17, 15) is 10.1 Å². The fraction of sp³-hybridized carbons (Fsp3) is 0.238. The second kappa shape index (κ2) is 7.04. The number of nitro benzene ring substituents is 1. The van der Waals surface area contributed by atoms with Crippen molar-refractivity contribution in [3.05, 3.63) is 82.4 Å². The van der Waals surface area contributed by atoms with Crippen molar-refractivity contribution in [3.63, 3.8) is 0 Å². The third kappa shape index (κ3) is 3.09. The lowest BCUT2D eigenvalue weighted by molar-refractivity contribution is -0.384. The minimum Gasteiger partial charge on any atom is -0.459 e. The molecule has 4 heterocycles. The summed E-state index contributed by atoms with van der Waals surface area (Å²) in [6.45, 7) is 3.05. The van der Waals surface area contributed by atoms with Crippen LogP contribution in [0.5, 0.6) is 0 Å². The quantitative estimate of drug-likeness (QED) is 0.455. The molecular formula is C21H18N4O3S. The lowest BCUT2D eigenvalue weighted by atomic mass is 10.0. The summed E-state index contributed by atoms with van der Waals surface area (Å²) in [7, 11) is 0. The molecule has 146 valence electrons. The normalized spacial score (nSPS) is 23.1. The Balaban J connectivity index is 1.55. The molecule has 29 heavy (non-hydrogen) atoms. The predicted molar refractivity (Wildman–Crippen MR) is 112 cm³/mol. The number of nitrogens with zero attached hydrogens (tertiary/aromatic N) is 4. The number of para-hydroxylation sites is 1. The zero-order valence-corrected chi connectivity index (χ0v) is 16.5. The molecule has 3 unspecified atom stereocenters. The molecule has 0 N–H and O–H groups in total. The molecule has 0 amide bonds. The van der Waals surface area contributed by atoms with Gasteiger partial charge in [-0.1, -0.05) is 36.9 Å². The number of fused-ring (bicyclic) bond motifs is 1. The topological polar surface area (TPSA) is 84.8 Å². The number of hydrogen-bond acceptors (Lipinski definition) is 7. The average molecular weight is 406 g/mol. The second-order valence-corrected chi connectivity index (χ2v) is 8.52. The highest BCUT2D eigenvalue weighted by atomic mass is 32.2. The van der Waals surface area contributed by atoms with Gasteiger partial charge < -0.3 is 9.32 Å². The Morgan fingerprint density at radius 2 is 2.00 bits per heavy atom. The summed E-state index contributed by atoms with van der Waals surface area (Å²) in [6.07, 6.45) is 1.77. The van der Waals surface area contributed by atoms with Crippen LogP contribution in [-0.4, -0.2) is 31.8 Å². The summed E-state index contributed by atoms with van der Waals surface area (Å²) in [4.78, 5) is 22.7. The molecule has 5 rings (SSSR count). The Labute approximate surface area is 171 Å². The Hall–Kier alpha value is -3.13. The summed E-state index contributed by atoms with van der Waals surface area (Å²) in [5.74, 6) is 1.22. The first kappa shape index (κ1) is 17.9. The first-order valence-electron chi connectivity index (χ1n) is 9.37. The SMILES string of the molecule is CC1CN2C(=NC(c3ccccn3)C2c2ccc(-c3ccccc3[N+](=O)[O-])o2)S1. The highest BCUT2D eigenvalue weighted by Gasteiger charge is 2.45. The van der Waals surface area contributed by atoms with E-state index >= 15 is 0 Å². The van der Waals surface area contributed by atoms with Crippen LogP contribution >= 0.6 is 11.8 Å². The molecule has 1 saturated heterocycles. The van der Waals surface area contributed by atoms with E-state index in [1.165, 1.54) is 6.07 Å². The molecule has 2 aliphatic heterocycles. The van der Waals surface area contributed by atoms with Gasteiger partial charge in [0, 0.05) is 24.1 Å². The van der Waals surface area contributed by atoms with E-state index in [1.54, 1.807) is 42.2 Å². The van der Waals surface area contributed by atoms with Crippen LogP contribution in [-0.2, 0) is 0 Å². The van der Waals surface area contributed by atoms with Gasteiger partial charge in [0.15, 0.2) is 5.17 Å². The van der Waals surface area contributed by atoms with Gasteiger partial charge in [0.1, 0.15) is 23.6 Å². The van der Waals surface area contributed by atoms with Gasteiger partial charge in [-0.05, 0) is 30.3 Å². The molecule has 0 spiro atoms. The average Bonchev–Trinajstić information content (AvgIpc) is 3.42. The Morgan fingerprint density at radius 3 is 2.79 bits per heavy atom. The number of pyridine rings is 1. The van der Waals surface area contributed by atoms with Gasteiger partial charge in [-0.2, -0.15) is 0 Å². The lowest BCUT2D eigenvalue weighted by Gasteiger charge is -2.25. The first-order valence-corrected chi connectivity index (χ1v) is 10.3. The Morgan fingerprint density at radius 1 is 1.17 bits per heavy atom. The first-order chi connectivity index (χ1) is 14.1. The van der Waals surface area contributed by atoms with Gasteiger partial charge in [0.05, 0.1) is 16.2 Å². The van der Waals surface area contributed by atoms with Gasteiger partial charge >= 0.3 is 0 Å². The fourth-order valence-electron chi connectivity index (χ4n) is 3.92. The second-order valence-electron chi connectivity index (χ2n) is 7.11. The number of aromatic nitrogens is 1. The summed E-state index contributed by atoms with van der Waals surface area (Å²) >= 11 is 1.76. The van der Waals surface area contributed by atoms with Crippen LogP contribution in [0, 0.1) is 10.1 Å². The van der Waals surface area contributed by atoms with E-state index in [4.69, 9.17) is 9.41 Å². The molecule has 0 saturated carbocycles. The zero-order chi connectivity index (χ0) is 20.0. The van der Waals surface area contributed by atoms with Crippen LogP contribution < -0.4 is 0 Å². The van der Waals surface area contributed by atoms with Crippen LogP contribution in [0.15, 0.2) is 70.2 Å². The standard InChI is InChI=1S/C21H18N4O3S/c1-13-12-24-20(19(23-21(24)29-13)15-7-4-5-11-22-15)18-10-9-17(28-18)14-6-2-3-8-16(14)25(26)27/h2-11,13,19-20H,12H2,1H3. The van der Waals surface area contributed by atoms with E-state index < -0.39 is 0 Å². The van der Waals surface area contributed by atoms with Crippen molar-refractivity contribution in [2.45, 2.75) is 24.3 Å². The van der Waals surface area contributed by atoms with Crippen molar-refractivity contribution >= 4 is 22.6 Å². The lowest BCUT2D eigenvalue weighted by Crippen LogP contribution is -2.28. The number of benzene rings is 1. The molecule has 8 heteroatoms. The Bertz CT molecular complexity index is 1100. The van der Waals surface area contributed by atoms with E-state index in [-0.39, 0.29) is 22.7 Å². The monoisotopic (exact) mass is 406 g/mol. The van der Waals surface area contributed by atoms with E-state index in [1.807, 2.05) is 24.3 Å². The fourth-order valence-corrected chi connectivity index (χ4v) is 5.02. The van der Waals surface area contributed by atoms with Crippen molar-refractivity contribution in [2.75, 3.05) is 6.54 Å². The van der Waals surface area contributed by atoms with Crippen molar-refractivity contribution < 1.29 is 9.34 Å². The third-order valence-corrected chi connectivity index (χ3v) is 6.27. The maximum absolute atomic E-state index is 11.4. The summed E-state index contributed by atoms with van der Waals surface area (Å²) in [5, 5.41) is 12.9. The van der Waals surface area contributed by atoms with Crippen molar-refractivity contribution in [1.29, 1.82) is 0 Å². The maximum atomic E-state index is 11.4. The van der Waals surface area contributed by atoms with E-state index in [2.05, 4.69) is 16.8 Å². The number of rotatable bonds is 4. The molecule has 0 aliphatic carbocycles. The van der Waals surface area contributed by atoms with Crippen molar-refractivity contribution in [1.82, 2.24) is 9.88 Å². The predicted octanol–water partition coefficient (Wildman–Crippen LogP) is 4.84. The molecule has 2 aromatic heterocycles. The molecule has 0 bridgehead atoms. The highest BCUT2D eigenvalue weighted by molar-refractivity contribution is 8.14. The minimum atomic E-state index is -0.385. The number of aliphatic imine (C=N–C) groups is 1. The van der Waals surface area contributed by atoms with E-state index in [0.29, 0.717) is 16.6 Å². The van der Waals surface area contributed by atoms with Crippen LogP contribution in [0.25, 0.3) is 11.3 Å². The van der Waals surface area contributed by atoms with Gasteiger partial charge in [-0.25, -0.2) is 4.99 Å². The minimum absolute atomic E-state index is 0.0309. The summed E-state index contributed by atoms with van der Waals surface area (Å²) in [5.41, 5.74) is 1.39. The number of nitro groups is 1. The number of furan rings is 1.